The summed E-state index contributed by atoms with van der Waals surface area (Å²) in [6.45, 7) is 4.27. The molecule has 0 aliphatic rings. The van der Waals surface area contributed by atoms with E-state index in [1.165, 1.54) is 11.6 Å². The third-order valence-corrected chi connectivity index (χ3v) is 2.41. The van der Waals surface area contributed by atoms with Gasteiger partial charge >= 0.3 is 0 Å². The summed E-state index contributed by atoms with van der Waals surface area (Å²) in [5.74, 6) is 0.512. The quantitative estimate of drug-likeness (QED) is 0.548. The van der Waals surface area contributed by atoms with Crippen molar-refractivity contribution in [2.75, 3.05) is 0 Å². The first-order valence-corrected chi connectivity index (χ1v) is 4.94. The molecule has 0 heterocycles. The maximum atomic E-state index is 10.2. The fourth-order valence-electron chi connectivity index (χ4n) is 1.18. The van der Waals surface area contributed by atoms with E-state index in [1.807, 2.05) is 24.3 Å². The molecule has 0 saturated heterocycles. The van der Waals surface area contributed by atoms with Crippen LogP contribution in [0.4, 0.5) is 0 Å². The highest BCUT2D eigenvalue weighted by molar-refractivity contribution is 6.49. The van der Waals surface area contributed by atoms with Gasteiger partial charge in [-0.05, 0) is 23.1 Å². The molecule has 14 heavy (non-hydrogen) atoms. The van der Waals surface area contributed by atoms with Crippen LogP contribution in [0.2, 0.25) is 0 Å². The van der Waals surface area contributed by atoms with Crippen LogP contribution in [0.25, 0.3) is 5.03 Å². The van der Waals surface area contributed by atoms with E-state index >= 15 is 0 Å². The second-order valence-electron chi connectivity index (χ2n) is 3.43. The molecule has 74 valence electrons. The molecule has 1 nitrogen and oxygen atoms in total. The Labute approximate surface area is 89.4 Å². The van der Waals surface area contributed by atoms with Gasteiger partial charge in [0.1, 0.15) is 6.29 Å². The van der Waals surface area contributed by atoms with E-state index in [-0.39, 0.29) is 0 Å². The molecule has 0 unspecified atom stereocenters. The molecule has 1 aromatic rings. The molecule has 2 heteroatoms. The molecule has 0 bridgehead atoms. The lowest BCUT2D eigenvalue weighted by atomic mass is 10.0. The maximum Gasteiger partial charge on any atom is 0.144 e. The highest BCUT2D eigenvalue weighted by Crippen LogP contribution is 2.21. The van der Waals surface area contributed by atoms with E-state index in [9.17, 15) is 4.79 Å². The number of carbonyl (C=O) groups excluding carboxylic acids is 1. The van der Waals surface area contributed by atoms with Gasteiger partial charge in [0.2, 0.25) is 0 Å². The Balaban J connectivity index is 2.93. The zero-order chi connectivity index (χ0) is 10.6. The SMILES string of the molecule is CC(C)c1ccc(C(Cl)=CC=O)cc1. The van der Waals surface area contributed by atoms with E-state index in [1.54, 1.807) is 0 Å². The third-order valence-electron chi connectivity index (χ3n) is 2.07. The van der Waals surface area contributed by atoms with Crippen LogP contribution in [-0.4, -0.2) is 6.29 Å². The summed E-state index contributed by atoms with van der Waals surface area (Å²) in [4.78, 5) is 10.2. The van der Waals surface area contributed by atoms with Crippen LogP contribution >= 0.6 is 11.6 Å². The van der Waals surface area contributed by atoms with Crippen LogP contribution in [0.1, 0.15) is 30.9 Å². The molecular formula is C12H13ClO. The van der Waals surface area contributed by atoms with Crippen molar-refractivity contribution in [2.45, 2.75) is 19.8 Å². The van der Waals surface area contributed by atoms with Crippen molar-refractivity contribution < 1.29 is 4.79 Å². The lowest BCUT2D eigenvalue weighted by Gasteiger charge is -2.05. The average Bonchev–Trinajstić information content (AvgIpc) is 2.18. The summed E-state index contributed by atoms with van der Waals surface area (Å²) < 4.78 is 0. The van der Waals surface area contributed by atoms with Crippen molar-refractivity contribution in [3.8, 4) is 0 Å². The first-order valence-electron chi connectivity index (χ1n) is 4.56. The molecule has 0 spiro atoms. The average molecular weight is 209 g/mol. The number of benzene rings is 1. The van der Waals surface area contributed by atoms with Gasteiger partial charge in [0.05, 0.1) is 5.03 Å². The van der Waals surface area contributed by atoms with Crippen molar-refractivity contribution in [1.29, 1.82) is 0 Å². The zero-order valence-corrected chi connectivity index (χ0v) is 9.08. The lowest BCUT2D eigenvalue weighted by molar-refractivity contribution is -0.104. The largest absolute Gasteiger partial charge is 0.299 e. The van der Waals surface area contributed by atoms with Crippen molar-refractivity contribution in [3.63, 3.8) is 0 Å². The molecular weight excluding hydrogens is 196 g/mol. The Morgan fingerprint density at radius 3 is 2.29 bits per heavy atom. The molecule has 1 rings (SSSR count). The minimum Gasteiger partial charge on any atom is -0.299 e. The number of hydrogen-bond acceptors (Lipinski definition) is 1. The summed E-state index contributed by atoms with van der Waals surface area (Å²) in [5.41, 5.74) is 2.15. The van der Waals surface area contributed by atoms with Gasteiger partial charge in [0, 0.05) is 0 Å². The Hall–Kier alpha value is -1.08. The number of allylic oxidation sites excluding steroid dienone is 1. The smallest absolute Gasteiger partial charge is 0.144 e. The number of halogens is 1. The van der Waals surface area contributed by atoms with Crippen molar-refractivity contribution in [2.24, 2.45) is 0 Å². The summed E-state index contributed by atoms with van der Waals surface area (Å²) >= 11 is 5.87. The summed E-state index contributed by atoms with van der Waals surface area (Å²) in [7, 11) is 0. The maximum absolute atomic E-state index is 10.2. The van der Waals surface area contributed by atoms with Crippen LogP contribution in [0.15, 0.2) is 30.3 Å². The predicted octanol–water partition coefficient (Wildman–Crippen LogP) is 3.59. The third kappa shape index (κ3) is 2.71. The highest BCUT2D eigenvalue weighted by Gasteiger charge is 2.00. The molecule has 0 radical (unpaired) electrons. The summed E-state index contributed by atoms with van der Waals surface area (Å²) in [6.07, 6.45) is 2.05. The molecule has 0 amide bonds. The fraction of sp³-hybridized carbons (Fsp3) is 0.250. The number of aldehydes is 1. The van der Waals surface area contributed by atoms with E-state index in [0.29, 0.717) is 17.2 Å². The zero-order valence-electron chi connectivity index (χ0n) is 8.33. The van der Waals surface area contributed by atoms with E-state index in [0.717, 1.165) is 5.56 Å². The van der Waals surface area contributed by atoms with Gasteiger partial charge < -0.3 is 0 Å². The molecule has 1 aromatic carbocycles. The molecule has 0 fully saturated rings. The van der Waals surface area contributed by atoms with Crippen LogP contribution in [-0.2, 0) is 4.79 Å². The Kier molecular flexibility index (Phi) is 3.90. The lowest BCUT2D eigenvalue weighted by Crippen LogP contribution is -1.87. The second kappa shape index (κ2) is 4.97. The van der Waals surface area contributed by atoms with Gasteiger partial charge in [-0.2, -0.15) is 0 Å². The molecule has 0 atom stereocenters. The minimum atomic E-state index is 0.482. The van der Waals surface area contributed by atoms with E-state index in [2.05, 4.69) is 13.8 Å². The normalized spacial score (nSPS) is 11.9. The van der Waals surface area contributed by atoms with Gasteiger partial charge in [-0.15, -0.1) is 0 Å². The molecule has 0 aliphatic carbocycles. The van der Waals surface area contributed by atoms with Gasteiger partial charge in [-0.1, -0.05) is 49.7 Å². The van der Waals surface area contributed by atoms with Crippen molar-refractivity contribution in [3.05, 3.63) is 41.5 Å². The van der Waals surface area contributed by atoms with Crippen LogP contribution in [0.5, 0.6) is 0 Å². The summed E-state index contributed by atoms with van der Waals surface area (Å²) in [6, 6.07) is 7.91. The Morgan fingerprint density at radius 1 is 1.29 bits per heavy atom. The van der Waals surface area contributed by atoms with Gasteiger partial charge in [0.25, 0.3) is 0 Å². The molecule has 0 saturated carbocycles. The van der Waals surface area contributed by atoms with Crippen molar-refractivity contribution >= 4 is 22.9 Å². The molecule has 0 aromatic heterocycles. The second-order valence-corrected chi connectivity index (χ2v) is 3.83. The molecule has 0 N–H and O–H groups in total. The van der Waals surface area contributed by atoms with Gasteiger partial charge in [-0.25, -0.2) is 0 Å². The van der Waals surface area contributed by atoms with E-state index < -0.39 is 0 Å². The predicted molar refractivity (Wildman–Crippen MR) is 60.4 cm³/mol. The van der Waals surface area contributed by atoms with Gasteiger partial charge in [0.15, 0.2) is 0 Å². The first kappa shape index (κ1) is 11.0. The van der Waals surface area contributed by atoms with Crippen LogP contribution in [0, 0.1) is 0 Å². The first-order chi connectivity index (χ1) is 6.65. The van der Waals surface area contributed by atoms with Crippen molar-refractivity contribution in [1.82, 2.24) is 0 Å². The number of rotatable bonds is 3. The minimum absolute atomic E-state index is 0.482. The van der Waals surface area contributed by atoms with Crippen LogP contribution < -0.4 is 0 Å². The van der Waals surface area contributed by atoms with Crippen LogP contribution in [0.3, 0.4) is 0 Å². The summed E-state index contributed by atoms with van der Waals surface area (Å²) in [5, 5.41) is 0.482. The van der Waals surface area contributed by atoms with Gasteiger partial charge in [-0.3, -0.25) is 4.79 Å². The van der Waals surface area contributed by atoms with E-state index in [4.69, 9.17) is 11.6 Å². The number of carbonyl (C=O) groups is 1. The number of hydrogen-bond donors (Lipinski definition) is 0. The Bertz CT molecular complexity index is 336. The fourth-order valence-corrected chi connectivity index (χ4v) is 1.36. The monoisotopic (exact) mass is 208 g/mol. The highest BCUT2D eigenvalue weighted by atomic mass is 35.5. The Morgan fingerprint density at radius 2 is 1.86 bits per heavy atom. The molecule has 0 aliphatic heterocycles. The topological polar surface area (TPSA) is 17.1 Å². The standard InChI is InChI=1S/C12H13ClO/c1-9(2)10-3-5-11(6-4-10)12(13)7-8-14/h3-9H,1-2H3.